The van der Waals surface area contributed by atoms with E-state index in [9.17, 15) is 10.1 Å². The molecule has 1 aromatic rings. The lowest BCUT2D eigenvalue weighted by molar-refractivity contribution is 0.0607. The molecule has 21 heavy (non-hydrogen) atoms. The summed E-state index contributed by atoms with van der Waals surface area (Å²) in [5, 5.41) is 9.93. The minimum atomic E-state index is -0.543. The molecule has 0 fully saturated rings. The topological polar surface area (TPSA) is 97.8 Å². The molecule has 0 unspecified atom stereocenters. The van der Waals surface area contributed by atoms with Gasteiger partial charge in [-0.15, -0.1) is 11.3 Å². The lowest BCUT2D eigenvalue weighted by atomic mass is 10.2. The number of anilines is 2. The molecule has 0 atom stereocenters. The van der Waals surface area contributed by atoms with Gasteiger partial charge < -0.3 is 24.8 Å². The minimum absolute atomic E-state index is 0.157. The van der Waals surface area contributed by atoms with Gasteiger partial charge in [0.2, 0.25) is 0 Å². The highest BCUT2D eigenvalue weighted by Gasteiger charge is 2.24. The van der Waals surface area contributed by atoms with Crippen LogP contribution in [0.1, 0.15) is 15.2 Å². The molecule has 0 saturated carbocycles. The van der Waals surface area contributed by atoms with Gasteiger partial charge in [-0.1, -0.05) is 0 Å². The number of carbonyl (C=O) groups excluding carboxylic acids is 1. The largest absolute Gasteiger partial charge is 0.465 e. The predicted octanol–water partition coefficient (Wildman–Crippen LogP) is 1.09. The van der Waals surface area contributed by atoms with Crippen molar-refractivity contribution in [3.05, 3.63) is 10.4 Å². The van der Waals surface area contributed by atoms with Gasteiger partial charge in [-0.2, -0.15) is 5.26 Å². The molecule has 0 aliphatic heterocycles. The smallest absolute Gasteiger partial charge is 0.350 e. The van der Waals surface area contributed by atoms with Gasteiger partial charge in [-0.05, 0) is 0 Å². The van der Waals surface area contributed by atoms with Crippen LogP contribution in [-0.2, 0) is 14.2 Å². The van der Waals surface area contributed by atoms with Crippen LogP contribution in [0.4, 0.5) is 10.7 Å². The first kappa shape index (κ1) is 17.2. The molecular weight excluding hydrogens is 294 g/mol. The zero-order valence-corrected chi connectivity index (χ0v) is 13.2. The molecule has 2 N–H and O–H groups in total. The Hall–Kier alpha value is -1.82. The zero-order chi connectivity index (χ0) is 15.8. The predicted molar refractivity (Wildman–Crippen MR) is 80.8 cm³/mol. The summed E-state index contributed by atoms with van der Waals surface area (Å²) in [5.74, 6) is -0.543. The maximum atomic E-state index is 11.7. The summed E-state index contributed by atoms with van der Waals surface area (Å²) < 4.78 is 14.8. The van der Waals surface area contributed by atoms with E-state index in [2.05, 4.69) is 10.8 Å². The summed E-state index contributed by atoms with van der Waals surface area (Å²) in [7, 11) is 4.48. The Morgan fingerprint density at radius 3 is 2.29 bits per heavy atom. The van der Waals surface area contributed by atoms with Crippen molar-refractivity contribution < 1.29 is 19.0 Å². The number of carbonyl (C=O) groups is 1. The molecular formula is C13H19N3O4S. The number of thiophene rings is 1. The SMILES string of the molecule is COCCN(CCOC)c1sc(C(=O)OC)c(N)c1C#N. The highest BCUT2D eigenvalue weighted by molar-refractivity contribution is 7.18. The summed E-state index contributed by atoms with van der Waals surface area (Å²) in [6.07, 6.45) is 0. The third kappa shape index (κ3) is 4.07. The number of nitrogen functional groups attached to an aromatic ring is 1. The Balaban J connectivity index is 3.17. The van der Waals surface area contributed by atoms with Gasteiger partial charge >= 0.3 is 5.97 Å². The third-order valence-electron chi connectivity index (χ3n) is 2.83. The zero-order valence-electron chi connectivity index (χ0n) is 12.3. The first-order valence-corrected chi connectivity index (χ1v) is 7.05. The monoisotopic (exact) mass is 313 g/mol. The summed E-state index contributed by atoms with van der Waals surface area (Å²) in [6, 6.07) is 2.05. The molecule has 0 aromatic carbocycles. The number of nitriles is 1. The molecule has 116 valence electrons. The second-order valence-corrected chi connectivity index (χ2v) is 5.10. The second-order valence-electron chi connectivity index (χ2n) is 4.10. The number of nitrogens with two attached hydrogens (primary N) is 1. The van der Waals surface area contributed by atoms with Crippen molar-refractivity contribution in [1.29, 1.82) is 5.26 Å². The van der Waals surface area contributed by atoms with Gasteiger partial charge in [0.15, 0.2) is 0 Å². The van der Waals surface area contributed by atoms with Gasteiger partial charge in [0.05, 0.1) is 26.0 Å². The number of nitrogens with zero attached hydrogens (tertiary/aromatic N) is 2. The van der Waals surface area contributed by atoms with E-state index in [1.54, 1.807) is 14.2 Å². The van der Waals surface area contributed by atoms with Crippen molar-refractivity contribution >= 4 is 28.0 Å². The third-order valence-corrected chi connectivity index (χ3v) is 4.07. The van der Waals surface area contributed by atoms with Gasteiger partial charge in [-0.3, -0.25) is 0 Å². The van der Waals surface area contributed by atoms with E-state index in [1.807, 2.05) is 4.90 Å². The molecule has 1 aromatic heterocycles. The number of methoxy groups -OCH3 is 3. The van der Waals surface area contributed by atoms with Crippen LogP contribution in [0, 0.1) is 11.3 Å². The molecule has 7 nitrogen and oxygen atoms in total. The van der Waals surface area contributed by atoms with E-state index in [0.29, 0.717) is 31.3 Å². The Morgan fingerprint density at radius 1 is 1.29 bits per heavy atom. The van der Waals surface area contributed by atoms with Crippen LogP contribution in [-0.4, -0.2) is 53.6 Å². The first-order valence-electron chi connectivity index (χ1n) is 6.24. The van der Waals surface area contributed by atoms with Gasteiger partial charge in [0.25, 0.3) is 0 Å². The summed E-state index contributed by atoms with van der Waals surface area (Å²) in [4.78, 5) is 13.9. The van der Waals surface area contributed by atoms with Crippen LogP contribution in [0.15, 0.2) is 0 Å². The van der Waals surface area contributed by atoms with E-state index in [1.165, 1.54) is 7.11 Å². The fourth-order valence-electron chi connectivity index (χ4n) is 1.72. The highest BCUT2D eigenvalue weighted by atomic mass is 32.1. The van der Waals surface area contributed by atoms with Crippen molar-refractivity contribution in [3.8, 4) is 6.07 Å². The number of hydrogen-bond acceptors (Lipinski definition) is 8. The van der Waals surface area contributed by atoms with E-state index in [4.69, 9.17) is 15.2 Å². The number of hydrogen-bond donors (Lipinski definition) is 1. The summed E-state index contributed by atoms with van der Waals surface area (Å²) in [5.41, 5.74) is 6.33. The maximum absolute atomic E-state index is 11.7. The van der Waals surface area contributed by atoms with Crippen LogP contribution < -0.4 is 10.6 Å². The van der Waals surface area contributed by atoms with Crippen molar-refractivity contribution in [3.63, 3.8) is 0 Å². The molecule has 0 aliphatic carbocycles. The van der Waals surface area contributed by atoms with Crippen LogP contribution in [0.25, 0.3) is 0 Å². The van der Waals surface area contributed by atoms with E-state index < -0.39 is 5.97 Å². The summed E-state index contributed by atoms with van der Waals surface area (Å²) >= 11 is 1.15. The van der Waals surface area contributed by atoms with Crippen molar-refractivity contribution in [2.45, 2.75) is 0 Å². The van der Waals surface area contributed by atoms with Crippen LogP contribution >= 0.6 is 11.3 Å². The molecule has 0 amide bonds. The Morgan fingerprint density at radius 2 is 1.86 bits per heavy atom. The Labute approximate surface area is 127 Å². The van der Waals surface area contributed by atoms with E-state index in [-0.39, 0.29) is 16.1 Å². The van der Waals surface area contributed by atoms with E-state index in [0.717, 1.165) is 11.3 Å². The molecule has 1 rings (SSSR count). The lowest BCUT2D eigenvalue weighted by Gasteiger charge is -2.22. The van der Waals surface area contributed by atoms with Gasteiger partial charge in [0, 0.05) is 27.3 Å². The Kier molecular flexibility index (Phi) is 6.94. The molecule has 1 heterocycles. The fourth-order valence-corrected chi connectivity index (χ4v) is 2.87. The van der Waals surface area contributed by atoms with E-state index >= 15 is 0 Å². The molecule has 0 radical (unpaired) electrons. The van der Waals surface area contributed by atoms with Crippen molar-refractivity contribution in [1.82, 2.24) is 0 Å². The minimum Gasteiger partial charge on any atom is -0.465 e. The average molecular weight is 313 g/mol. The standard InChI is InChI=1S/C13H19N3O4S/c1-18-6-4-16(5-7-19-2)12-9(8-14)10(15)11(21-12)13(17)20-3/h4-7,15H2,1-3H3. The fraction of sp³-hybridized carbons (Fsp3) is 0.538. The van der Waals surface area contributed by atoms with Gasteiger partial charge in [-0.25, -0.2) is 4.79 Å². The quantitative estimate of drug-likeness (QED) is 0.717. The number of rotatable bonds is 8. The molecule has 0 saturated heterocycles. The van der Waals surface area contributed by atoms with Crippen molar-refractivity contribution in [2.24, 2.45) is 0 Å². The molecule has 8 heteroatoms. The normalized spacial score (nSPS) is 10.2. The van der Waals surface area contributed by atoms with Crippen molar-refractivity contribution in [2.75, 3.05) is 58.3 Å². The molecule has 0 aliphatic rings. The van der Waals surface area contributed by atoms with Gasteiger partial charge in [0.1, 0.15) is 21.5 Å². The number of esters is 1. The van der Waals surface area contributed by atoms with Crippen LogP contribution in [0.3, 0.4) is 0 Å². The first-order chi connectivity index (χ1) is 10.1. The second kappa shape index (κ2) is 8.46. The maximum Gasteiger partial charge on any atom is 0.350 e. The van der Waals surface area contributed by atoms with Crippen LogP contribution in [0.5, 0.6) is 0 Å². The lowest BCUT2D eigenvalue weighted by Crippen LogP contribution is -2.30. The number of ether oxygens (including phenoxy) is 3. The molecule has 0 spiro atoms. The summed E-state index contributed by atoms with van der Waals surface area (Å²) in [6.45, 7) is 2.10. The Bertz CT molecular complexity index is 516. The average Bonchev–Trinajstić information content (AvgIpc) is 2.83. The highest BCUT2D eigenvalue weighted by Crippen LogP contribution is 2.38. The van der Waals surface area contributed by atoms with Crippen LogP contribution in [0.2, 0.25) is 0 Å². The molecule has 0 bridgehead atoms.